The van der Waals surface area contributed by atoms with Gasteiger partial charge >= 0.3 is 0 Å². The number of hydrogen-bond acceptors (Lipinski definition) is 4. The zero-order valence-electron chi connectivity index (χ0n) is 15.9. The molecule has 0 spiro atoms. The van der Waals surface area contributed by atoms with Crippen LogP contribution in [0.2, 0.25) is 0 Å². The molecule has 2 heterocycles. The molecule has 1 N–H and O–H groups in total. The summed E-state index contributed by atoms with van der Waals surface area (Å²) < 4.78 is 13.7. The van der Waals surface area contributed by atoms with Gasteiger partial charge in [0.15, 0.2) is 5.96 Å². The lowest BCUT2D eigenvalue weighted by Gasteiger charge is -2.34. The molecule has 2 aliphatic rings. The molecule has 26 heavy (non-hydrogen) atoms. The Hall–Kier alpha value is -0.870. The Labute approximate surface area is 173 Å². The molecule has 1 atom stereocenters. The maximum absolute atomic E-state index is 5.99. The van der Waals surface area contributed by atoms with Crippen molar-refractivity contribution in [3.63, 3.8) is 0 Å². The van der Waals surface area contributed by atoms with E-state index in [0.717, 1.165) is 37.8 Å². The van der Waals surface area contributed by atoms with Crippen molar-refractivity contribution < 1.29 is 9.47 Å². The number of guanidine groups is 1. The largest absolute Gasteiger partial charge is 0.376 e. The number of nitrogens with zero attached hydrogens (tertiary/aromatic N) is 4. The number of aromatic nitrogens is 2. The van der Waals surface area contributed by atoms with Gasteiger partial charge < -0.3 is 19.7 Å². The summed E-state index contributed by atoms with van der Waals surface area (Å²) in [6.45, 7) is 3.85. The number of aliphatic imine (C=N–C) groups is 1. The van der Waals surface area contributed by atoms with Crippen LogP contribution in [-0.4, -0.2) is 66.6 Å². The molecule has 1 saturated heterocycles. The number of rotatable bonds is 5. The summed E-state index contributed by atoms with van der Waals surface area (Å²) in [5, 5.41) is 7.67. The molecule has 1 unspecified atom stereocenters. The van der Waals surface area contributed by atoms with E-state index in [1.165, 1.54) is 32.1 Å². The SMILES string of the molecule is CN=C(NCCOC1CCCCC1)N1CCOC(c2cnn(C)c2)C1.I. The average molecular weight is 477 g/mol. The fourth-order valence-corrected chi connectivity index (χ4v) is 3.60. The van der Waals surface area contributed by atoms with Crippen molar-refractivity contribution >= 4 is 29.9 Å². The van der Waals surface area contributed by atoms with Crippen molar-refractivity contribution in [3.8, 4) is 0 Å². The summed E-state index contributed by atoms with van der Waals surface area (Å²) in [6, 6.07) is 0. The number of morpholine rings is 1. The predicted molar refractivity (Wildman–Crippen MR) is 113 cm³/mol. The van der Waals surface area contributed by atoms with Crippen LogP contribution in [0.3, 0.4) is 0 Å². The highest BCUT2D eigenvalue weighted by Gasteiger charge is 2.25. The fourth-order valence-electron chi connectivity index (χ4n) is 3.60. The molecule has 1 aliphatic heterocycles. The molecule has 1 aliphatic carbocycles. The van der Waals surface area contributed by atoms with E-state index in [-0.39, 0.29) is 30.1 Å². The first-order valence-electron chi connectivity index (χ1n) is 9.43. The molecule has 148 valence electrons. The summed E-state index contributed by atoms with van der Waals surface area (Å²) in [7, 11) is 3.76. The Morgan fingerprint density at radius 1 is 1.38 bits per heavy atom. The van der Waals surface area contributed by atoms with Crippen LogP contribution in [0.15, 0.2) is 17.4 Å². The highest BCUT2D eigenvalue weighted by Crippen LogP contribution is 2.22. The molecule has 0 aromatic carbocycles. The summed E-state index contributed by atoms with van der Waals surface area (Å²) in [5.74, 6) is 0.921. The standard InChI is InChI=1S/C18H31N5O2.HI/c1-19-18(20-8-10-24-16-6-4-3-5-7-16)23-9-11-25-17(14-23)15-12-21-22(2)13-15;/h12-13,16-17H,3-11,14H2,1-2H3,(H,19,20);1H. The van der Waals surface area contributed by atoms with Crippen LogP contribution in [0.1, 0.15) is 43.8 Å². The van der Waals surface area contributed by atoms with Crippen molar-refractivity contribution in [2.75, 3.05) is 39.9 Å². The molecule has 8 heteroatoms. The molecule has 3 rings (SSSR count). The first-order chi connectivity index (χ1) is 12.3. The average Bonchev–Trinajstić information content (AvgIpc) is 3.09. The van der Waals surface area contributed by atoms with Crippen LogP contribution in [-0.2, 0) is 16.5 Å². The van der Waals surface area contributed by atoms with Crippen molar-refractivity contribution in [1.82, 2.24) is 20.0 Å². The van der Waals surface area contributed by atoms with Gasteiger partial charge in [0.2, 0.25) is 0 Å². The Morgan fingerprint density at radius 2 is 2.19 bits per heavy atom. The van der Waals surface area contributed by atoms with Crippen LogP contribution in [0, 0.1) is 0 Å². The number of halogens is 1. The highest BCUT2D eigenvalue weighted by molar-refractivity contribution is 14.0. The first kappa shape index (κ1) is 21.4. The smallest absolute Gasteiger partial charge is 0.193 e. The lowest BCUT2D eigenvalue weighted by atomic mass is 9.98. The van der Waals surface area contributed by atoms with Gasteiger partial charge in [-0.3, -0.25) is 9.67 Å². The minimum atomic E-state index is 0. The van der Waals surface area contributed by atoms with E-state index in [1.807, 2.05) is 31.2 Å². The molecule has 2 fully saturated rings. The second-order valence-corrected chi connectivity index (χ2v) is 6.86. The lowest BCUT2D eigenvalue weighted by molar-refractivity contribution is -0.00846. The number of aryl methyl sites for hydroxylation is 1. The zero-order valence-corrected chi connectivity index (χ0v) is 18.2. The topological polar surface area (TPSA) is 63.9 Å². The number of hydrogen-bond donors (Lipinski definition) is 1. The summed E-state index contributed by atoms with van der Waals surface area (Å²) in [6.07, 6.45) is 10.8. The van der Waals surface area contributed by atoms with E-state index in [2.05, 4.69) is 20.3 Å². The Balaban J connectivity index is 0.00000243. The molecule has 1 aromatic heterocycles. The monoisotopic (exact) mass is 477 g/mol. The van der Waals surface area contributed by atoms with Gasteiger partial charge in [0.25, 0.3) is 0 Å². The molecule has 1 saturated carbocycles. The zero-order chi connectivity index (χ0) is 17.5. The van der Waals surface area contributed by atoms with Gasteiger partial charge in [0.1, 0.15) is 6.10 Å². The molecule has 0 radical (unpaired) electrons. The number of nitrogens with one attached hydrogen (secondary N) is 1. The van der Waals surface area contributed by atoms with Gasteiger partial charge in [-0.25, -0.2) is 0 Å². The van der Waals surface area contributed by atoms with Gasteiger partial charge in [-0.1, -0.05) is 19.3 Å². The van der Waals surface area contributed by atoms with Crippen LogP contribution in [0.5, 0.6) is 0 Å². The van der Waals surface area contributed by atoms with Crippen molar-refractivity contribution in [2.24, 2.45) is 12.0 Å². The van der Waals surface area contributed by atoms with Gasteiger partial charge in [0, 0.05) is 38.9 Å². The normalized spacial score (nSPS) is 22.2. The van der Waals surface area contributed by atoms with Gasteiger partial charge in [0.05, 0.1) is 32.1 Å². The van der Waals surface area contributed by atoms with Crippen molar-refractivity contribution in [1.29, 1.82) is 0 Å². The molecular weight excluding hydrogens is 445 g/mol. The van der Waals surface area contributed by atoms with E-state index in [0.29, 0.717) is 12.7 Å². The van der Waals surface area contributed by atoms with Crippen LogP contribution >= 0.6 is 24.0 Å². The minimum Gasteiger partial charge on any atom is -0.376 e. The number of ether oxygens (including phenoxy) is 2. The third-order valence-corrected chi connectivity index (χ3v) is 4.97. The predicted octanol–water partition coefficient (Wildman–Crippen LogP) is 2.34. The maximum atomic E-state index is 5.99. The van der Waals surface area contributed by atoms with E-state index < -0.39 is 0 Å². The fraction of sp³-hybridized carbons (Fsp3) is 0.778. The minimum absolute atomic E-state index is 0. The molecule has 0 bridgehead atoms. The molecule has 7 nitrogen and oxygen atoms in total. The first-order valence-corrected chi connectivity index (χ1v) is 9.43. The van der Waals surface area contributed by atoms with Crippen LogP contribution in [0.25, 0.3) is 0 Å². The Bertz CT molecular complexity index is 560. The van der Waals surface area contributed by atoms with E-state index in [4.69, 9.17) is 9.47 Å². The highest BCUT2D eigenvalue weighted by atomic mass is 127. The molecule has 0 amide bonds. The quantitative estimate of drug-likeness (QED) is 0.305. The third kappa shape index (κ3) is 6.09. The summed E-state index contributed by atoms with van der Waals surface area (Å²) >= 11 is 0. The lowest BCUT2D eigenvalue weighted by Crippen LogP contribution is -2.48. The summed E-state index contributed by atoms with van der Waals surface area (Å²) in [4.78, 5) is 6.68. The van der Waals surface area contributed by atoms with Crippen molar-refractivity contribution in [2.45, 2.75) is 44.3 Å². The van der Waals surface area contributed by atoms with Crippen molar-refractivity contribution in [3.05, 3.63) is 18.0 Å². The molecule has 1 aromatic rings. The van der Waals surface area contributed by atoms with Gasteiger partial charge in [-0.15, -0.1) is 24.0 Å². The van der Waals surface area contributed by atoms with Gasteiger partial charge in [-0.2, -0.15) is 5.10 Å². The summed E-state index contributed by atoms with van der Waals surface area (Å²) in [5.41, 5.74) is 1.11. The Morgan fingerprint density at radius 3 is 2.88 bits per heavy atom. The van der Waals surface area contributed by atoms with E-state index in [1.54, 1.807) is 0 Å². The Kier molecular flexibility index (Phi) is 9.13. The molecular formula is C18H32IN5O2. The second-order valence-electron chi connectivity index (χ2n) is 6.86. The third-order valence-electron chi connectivity index (χ3n) is 4.97. The van der Waals surface area contributed by atoms with E-state index in [9.17, 15) is 0 Å². The second kappa shape index (κ2) is 11.1. The maximum Gasteiger partial charge on any atom is 0.193 e. The van der Waals surface area contributed by atoms with Crippen LogP contribution < -0.4 is 5.32 Å². The van der Waals surface area contributed by atoms with Gasteiger partial charge in [-0.05, 0) is 12.8 Å². The van der Waals surface area contributed by atoms with Crippen LogP contribution in [0.4, 0.5) is 0 Å². The van der Waals surface area contributed by atoms with E-state index >= 15 is 0 Å².